The number of nitrogens with zero attached hydrogens (tertiary/aromatic N) is 4. The second-order valence-electron chi connectivity index (χ2n) is 5.87. The number of halogens is 1. The van der Waals surface area contributed by atoms with Gasteiger partial charge in [-0.1, -0.05) is 29.8 Å². The van der Waals surface area contributed by atoms with Gasteiger partial charge < -0.3 is 11.1 Å². The number of fused-ring (bicyclic) bond motifs is 1. The number of amides is 1. The molecule has 2 aromatic heterocycles. The molecule has 7 nitrogen and oxygen atoms in total. The van der Waals surface area contributed by atoms with E-state index in [2.05, 4.69) is 20.4 Å². The second-order valence-corrected chi connectivity index (χ2v) is 6.28. The third kappa shape index (κ3) is 2.62. The zero-order valence-corrected chi connectivity index (χ0v) is 14.6. The summed E-state index contributed by atoms with van der Waals surface area (Å²) in [6.07, 6.45) is 1.66. The van der Waals surface area contributed by atoms with Crippen LogP contribution >= 0.6 is 11.6 Å². The molecule has 0 fully saturated rings. The molecule has 0 spiro atoms. The molecule has 3 N–H and O–H groups in total. The summed E-state index contributed by atoms with van der Waals surface area (Å²) in [5.74, 6) is 0.418. The van der Waals surface area contributed by atoms with Crippen molar-refractivity contribution in [3.05, 3.63) is 70.6 Å². The molecule has 0 bridgehead atoms. The summed E-state index contributed by atoms with van der Waals surface area (Å²) in [5, 5.41) is 8.23. The minimum Gasteiger partial charge on any atom is -0.366 e. The van der Waals surface area contributed by atoms with Crippen LogP contribution in [0.1, 0.15) is 18.7 Å². The van der Waals surface area contributed by atoms with Gasteiger partial charge in [0, 0.05) is 17.5 Å². The highest BCUT2D eigenvalue weighted by Gasteiger charge is 2.34. The minimum atomic E-state index is -0.561. The van der Waals surface area contributed by atoms with E-state index in [-0.39, 0.29) is 0 Å². The number of aromatic nitrogens is 4. The number of carbonyl (C=O) groups excluding carboxylic acids is 1. The van der Waals surface area contributed by atoms with E-state index in [9.17, 15) is 4.79 Å². The number of nitrogens with one attached hydrogen (secondary N) is 1. The summed E-state index contributed by atoms with van der Waals surface area (Å²) >= 11 is 6.28. The highest BCUT2D eigenvalue weighted by Crippen LogP contribution is 2.36. The standard InChI is InChI=1S/C18H15ClN6O/c1-10-14(16(20)26)15(13-8-4-5-9-21-13)25-18(22-10)23-17(24-25)11-6-2-3-7-12(11)19/h2-9,15H,1H3,(H2,20,26)(H,22,23,24)/t15-/m1/s1. The van der Waals surface area contributed by atoms with Crippen molar-refractivity contribution < 1.29 is 4.79 Å². The van der Waals surface area contributed by atoms with Crippen LogP contribution in [0.25, 0.3) is 11.4 Å². The monoisotopic (exact) mass is 366 g/mol. The zero-order chi connectivity index (χ0) is 18.3. The molecule has 1 aromatic carbocycles. The van der Waals surface area contributed by atoms with E-state index in [4.69, 9.17) is 17.3 Å². The first-order valence-electron chi connectivity index (χ1n) is 7.96. The third-order valence-corrected chi connectivity index (χ3v) is 4.53. The lowest BCUT2D eigenvalue weighted by Crippen LogP contribution is -2.32. The Labute approximate surface area is 154 Å². The molecule has 0 saturated heterocycles. The maximum atomic E-state index is 12.1. The number of anilines is 1. The van der Waals surface area contributed by atoms with E-state index in [0.29, 0.717) is 39.3 Å². The van der Waals surface area contributed by atoms with Crippen molar-refractivity contribution in [2.75, 3.05) is 5.32 Å². The smallest absolute Gasteiger partial charge is 0.248 e. The van der Waals surface area contributed by atoms with Crippen LogP contribution in [0, 0.1) is 0 Å². The molecule has 0 saturated carbocycles. The first-order chi connectivity index (χ1) is 12.6. The number of pyridine rings is 1. The number of allylic oxidation sites excluding steroid dienone is 1. The normalized spacial score (nSPS) is 16.2. The lowest BCUT2D eigenvalue weighted by molar-refractivity contribution is -0.115. The van der Waals surface area contributed by atoms with Crippen molar-refractivity contribution in [3.8, 4) is 11.4 Å². The Morgan fingerprint density at radius 3 is 2.69 bits per heavy atom. The lowest BCUT2D eigenvalue weighted by Gasteiger charge is -2.26. The van der Waals surface area contributed by atoms with Crippen molar-refractivity contribution in [1.82, 2.24) is 19.7 Å². The van der Waals surface area contributed by atoms with Crippen molar-refractivity contribution >= 4 is 23.5 Å². The van der Waals surface area contributed by atoms with Gasteiger partial charge in [-0.05, 0) is 31.2 Å². The van der Waals surface area contributed by atoms with Crippen molar-refractivity contribution in [2.45, 2.75) is 13.0 Å². The highest BCUT2D eigenvalue weighted by atomic mass is 35.5. The Balaban J connectivity index is 1.90. The fraction of sp³-hybridized carbons (Fsp3) is 0.111. The van der Waals surface area contributed by atoms with Crippen LogP contribution in [0.2, 0.25) is 5.02 Å². The molecule has 0 aliphatic carbocycles. The van der Waals surface area contributed by atoms with Gasteiger partial charge in [0.1, 0.15) is 6.04 Å². The molecule has 0 radical (unpaired) electrons. The van der Waals surface area contributed by atoms with Crippen LogP contribution in [0.15, 0.2) is 59.9 Å². The summed E-state index contributed by atoms with van der Waals surface area (Å²) in [6.45, 7) is 1.78. The van der Waals surface area contributed by atoms with E-state index in [1.54, 1.807) is 23.9 Å². The summed E-state index contributed by atoms with van der Waals surface area (Å²) in [7, 11) is 0. The minimum absolute atomic E-state index is 0.395. The van der Waals surface area contributed by atoms with Gasteiger partial charge in [0.05, 0.1) is 16.3 Å². The number of primary amides is 1. The first kappa shape index (κ1) is 16.3. The molecule has 1 amide bonds. The molecule has 1 aliphatic rings. The Bertz CT molecular complexity index is 1030. The lowest BCUT2D eigenvalue weighted by atomic mass is 9.99. The average Bonchev–Trinajstić information content (AvgIpc) is 3.04. The highest BCUT2D eigenvalue weighted by molar-refractivity contribution is 6.33. The summed E-state index contributed by atoms with van der Waals surface area (Å²) < 4.78 is 1.62. The van der Waals surface area contributed by atoms with Gasteiger partial charge in [0.25, 0.3) is 0 Å². The molecule has 0 unspecified atom stereocenters. The Morgan fingerprint density at radius 2 is 2.00 bits per heavy atom. The van der Waals surface area contributed by atoms with Crippen molar-refractivity contribution in [1.29, 1.82) is 0 Å². The van der Waals surface area contributed by atoms with Gasteiger partial charge >= 0.3 is 0 Å². The largest absolute Gasteiger partial charge is 0.366 e. The van der Waals surface area contributed by atoms with E-state index < -0.39 is 11.9 Å². The van der Waals surface area contributed by atoms with Gasteiger partial charge in [-0.15, -0.1) is 5.10 Å². The molecule has 130 valence electrons. The number of benzene rings is 1. The van der Waals surface area contributed by atoms with E-state index in [1.807, 2.05) is 36.4 Å². The summed E-state index contributed by atoms with van der Waals surface area (Å²) in [5.41, 5.74) is 8.01. The van der Waals surface area contributed by atoms with Gasteiger partial charge in [0.2, 0.25) is 11.9 Å². The molecule has 1 atom stereocenters. The third-order valence-electron chi connectivity index (χ3n) is 4.20. The Kier molecular flexibility index (Phi) is 3.93. The summed E-state index contributed by atoms with van der Waals surface area (Å²) in [4.78, 5) is 21.0. The number of nitrogens with two attached hydrogens (primary N) is 1. The topological polar surface area (TPSA) is 98.7 Å². The number of hydrogen-bond acceptors (Lipinski definition) is 5. The Hall–Kier alpha value is -3.19. The van der Waals surface area contributed by atoms with Crippen LogP contribution in [0.5, 0.6) is 0 Å². The molecule has 26 heavy (non-hydrogen) atoms. The van der Waals surface area contributed by atoms with Gasteiger partial charge in [-0.3, -0.25) is 9.78 Å². The van der Waals surface area contributed by atoms with Crippen LogP contribution in [0.4, 0.5) is 5.95 Å². The van der Waals surface area contributed by atoms with Crippen LogP contribution in [-0.4, -0.2) is 25.7 Å². The maximum absolute atomic E-state index is 12.1. The first-order valence-corrected chi connectivity index (χ1v) is 8.34. The fourth-order valence-electron chi connectivity index (χ4n) is 3.04. The number of carbonyl (C=O) groups is 1. The molecule has 3 heterocycles. The van der Waals surface area contributed by atoms with Crippen molar-refractivity contribution in [2.24, 2.45) is 5.73 Å². The maximum Gasteiger partial charge on any atom is 0.248 e. The van der Waals surface area contributed by atoms with Crippen LogP contribution < -0.4 is 11.1 Å². The van der Waals surface area contributed by atoms with Gasteiger partial charge in [-0.2, -0.15) is 4.98 Å². The van der Waals surface area contributed by atoms with Crippen LogP contribution in [-0.2, 0) is 4.79 Å². The Morgan fingerprint density at radius 1 is 1.23 bits per heavy atom. The van der Waals surface area contributed by atoms with E-state index in [0.717, 1.165) is 0 Å². The molecule has 4 rings (SSSR count). The zero-order valence-electron chi connectivity index (χ0n) is 13.8. The molecular formula is C18H15ClN6O. The number of hydrogen-bond donors (Lipinski definition) is 2. The summed E-state index contributed by atoms with van der Waals surface area (Å²) in [6, 6.07) is 12.2. The van der Waals surface area contributed by atoms with Crippen molar-refractivity contribution in [3.63, 3.8) is 0 Å². The average molecular weight is 367 g/mol. The van der Waals surface area contributed by atoms with E-state index >= 15 is 0 Å². The van der Waals surface area contributed by atoms with Gasteiger partial charge in [0.15, 0.2) is 5.82 Å². The van der Waals surface area contributed by atoms with Crippen LogP contribution in [0.3, 0.4) is 0 Å². The molecular weight excluding hydrogens is 352 g/mol. The molecule has 3 aromatic rings. The molecule has 8 heteroatoms. The SMILES string of the molecule is CC1=C(C(N)=O)[C@@H](c2ccccn2)n2nc(-c3ccccc3Cl)nc2N1. The van der Waals surface area contributed by atoms with E-state index in [1.165, 1.54) is 0 Å². The quantitative estimate of drug-likeness (QED) is 0.742. The molecule has 1 aliphatic heterocycles. The predicted molar refractivity (Wildman–Crippen MR) is 98.4 cm³/mol. The number of rotatable bonds is 3. The van der Waals surface area contributed by atoms with Gasteiger partial charge in [-0.25, -0.2) is 4.68 Å². The predicted octanol–water partition coefficient (Wildman–Crippen LogP) is 2.77. The fourth-order valence-corrected chi connectivity index (χ4v) is 3.26. The second kappa shape index (κ2) is 6.27.